The Bertz CT molecular complexity index is 257. The Morgan fingerprint density at radius 3 is 2.75 bits per heavy atom. The van der Waals surface area contributed by atoms with Gasteiger partial charge in [0.2, 0.25) is 5.91 Å². The number of amides is 1. The minimum Gasteiger partial charge on any atom is -0.393 e. The predicted molar refractivity (Wildman–Crippen MR) is 62.0 cm³/mol. The van der Waals surface area contributed by atoms with E-state index in [2.05, 4.69) is 5.32 Å². The number of carbonyl (C=O) groups is 1. The van der Waals surface area contributed by atoms with Gasteiger partial charge >= 0.3 is 0 Å². The van der Waals surface area contributed by atoms with Crippen molar-refractivity contribution in [2.75, 3.05) is 20.1 Å². The SMILES string of the molecule is CNC1CCN(CC2CCCCC2O)C1=O. The van der Waals surface area contributed by atoms with Crippen LogP contribution in [0.25, 0.3) is 0 Å². The summed E-state index contributed by atoms with van der Waals surface area (Å²) < 4.78 is 0. The lowest BCUT2D eigenvalue weighted by Gasteiger charge is -2.31. The number of carbonyl (C=O) groups excluding carboxylic acids is 1. The van der Waals surface area contributed by atoms with E-state index in [1.165, 1.54) is 6.42 Å². The van der Waals surface area contributed by atoms with E-state index in [1.807, 2.05) is 11.9 Å². The lowest BCUT2D eigenvalue weighted by Crippen LogP contribution is -2.41. The van der Waals surface area contributed by atoms with Crippen molar-refractivity contribution >= 4 is 5.91 Å². The van der Waals surface area contributed by atoms with Crippen molar-refractivity contribution in [3.8, 4) is 0 Å². The van der Waals surface area contributed by atoms with Gasteiger partial charge in [0.05, 0.1) is 12.1 Å². The molecule has 0 aromatic carbocycles. The Morgan fingerprint density at radius 2 is 2.12 bits per heavy atom. The van der Waals surface area contributed by atoms with Crippen LogP contribution < -0.4 is 5.32 Å². The van der Waals surface area contributed by atoms with Gasteiger partial charge < -0.3 is 15.3 Å². The molecule has 1 saturated heterocycles. The van der Waals surface area contributed by atoms with Crippen molar-refractivity contribution in [1.29, 1.82) is 0 Å². The maximum Gasteiger partial charge on any atom is 0.239 e. The van der Waals surface area contributed by atoms with Crippen molar-refractivity contribution in [3.05, 3.63) is 0 Å². The first-order chi connectivity index (χ1) is 7.72. The summed E-state index contributed by atoms with van der Waals surface area (Å²) in [4.78, 5) is 13.8. The van der Waals surface area contributed by atoms with E-state index in [4.69, 9.17) is 0 Å². The first-order valence-corrected chi connectivity index (χ1v) is 6.36. The van der Waals surface area contributed by atoms with Crippen LogP contribution in [0.4, 0.5) is 0 Å². The molecule has 4 nitrogen and oxygen atoms in total. The molecule has 0 radical (unpaired) electrons. The number of aliphatic hydroxyl groups excluding tert-OH is 1. The van der Waals surface area contributed by atoms with Crippen molar-refractivity contribution < 1.29 is 9.90 Å². The van der Waals surface area contributed by atoms with Crippen LogP contribution in [-0.2, 0) is 4.79 Å². The highest BCUT2D eigenvalue weighted by Crippen LogP contribution is 2.26. The summed E-state index contributed by atoms with van der Waals surface area (Å²) in [5.41, 5.74) is 0. The molecule has 0 spiro atoms. The molecule has 1 heterocycles. The monoisotopic (exact) mass is 226 g/mol. The zero-order valence-electron chi connectivity index (χ0n) is 9.98. The van der Waals surface area contributed by atoms with Gasteiger partial charge in [0, 0.05) is 19.0 Å². The number of rotatable bonds is 3. The van der Waals surface area contributed by atoms with Gasteiger partial charge in [-0.1, -0.05) is 12.8 Å². The summed E-state index contributed by atoms with van der Waals surface area (Å²) in [5, 5.41) is 12.9. The molecule has 1 amide bonds. The van der Waals surface area contributed by atoms with Gasteiger partial charge in [-0.05, 0) is 26.3 Å². The van der Waals surface area contributed by atoms with Crippen LogP contribution >= 0.6 is 0 Å². The summed E-state index contributed by atoms with van der Waals surface area (Å²) in [5.74, 6) is 0.508. The molecular formula is C12H22N2O2. The number of aliphatic hydroxyl groups is 1. The van der Waals surface area contributed by atoms with Crippen molar-refractivity contribution in [2.45, 2.75) is 44.2 Å². The molecule has 16 heavy (non-hydrogen) atoms. The quantitative estimate of drug-likeness (QED) is 0.730. The smallest absolute Gasteiger partial charge is 0.239 e. The Balaban J connectivity index is 1.87. The van der Waals surface area contributed by atoms with Gasteiger partial charge in [-0.25, -0.2) is 0 Å². The third-order valence-electron chi connectivity index (χ3n) is 3.97. The van der Waals surface area contributed by atoms with Crippen LogP contribution in [-0.4, -0.2) is 48.2 Å². The molecule has 0 aromatic rings. The van der Waals surface area contributed by atoms with E-state index in [1.54, 1.807) is 0 Å². The molecule has 2 aliphatic rings. The fourth-order valence-electron chi connectivity index (χ4n) is 2.87. The maximum atomic E-state index is 11.9. The van der Waals surface area contributed by atoms with E-state index >= 15 is 0 Å². The van der Waals surface area contributed by atoms with Crippen molar-refractivity contribution in [2.24, 2.45) is 5.92 Å². The minimum absolute atomic E-state index is 0.000679. The molecule has 3 atom stereocenters. The number of likely N-dealkylation sites (tertiary alicyclic amines) is 1. The number of hydrogen-bond donors (Lipinski definition) is 2. The van der Waals surface area contributed by atoms with Crippen molar-refractivity contribution in [3.63, 3.8) is 0 Å². The summed E-state index contributed by atoms with van der Waals surface area (Å²) in [6.45, 7) is 1.59. The molecule has 2 N–H and O–H groups in total. The van der Waals surface area contributed by atoms with E-state index in [0.717, 1.165) is 38.8 Å². The molecule has 4 heteroatoms. The van der Waals surface area contributed by atoms with Crippen LogP contribution in [0, 0.1) is 5.92 Å². The lowest BCUT2D eigenvalue weighted by atomic mass is 9.86. The largest absolute Gasteiger partial charge is 0.393 e. The summed E-state index contributed by atoms with van der Waals surface area (Å²) in [6.07, 6.45) is 4.99. The van der Waals surface area contributed by atoms with Crippen molar-refractivity contribution in [1.82, 2.24) is 10.2 Å². The highest BCUT2D eigenvalue weighted by Gasteiger charge is 2.33. The third kappa shape index (κ3) is 2.38. The second-order valence-corrected chi connectivity index (χ2v) is 5.03. The van der Waals surface area contributed by atoms with Gasteiger partial charge in [0.1, 0.15) is 0 Å². The van der Waals surface area contributed by atoms with Crippen LogP contribution in [0.2, 0.25) is 0 Å². The minimum atomic E-state index is -0.199. The van der Waals surface area contributed by atoms with Crippen LogP contribution in [0.1, 0.15) is 32.1 Å². The Hall–Kier alpha value is -0.610. The molecular weight excluding hydrogens is 204 g/mol. The molecule has 2 fully saturated rings. The first-order valence-electron chi connectivity index (χ1n) is 6.36. The normalized spacial score (nSPS) is 35.8. The van der Waals surface area contributed by atoms with Gasteiger partial charge in [-0.15, -0.1) is 0 Å². The number of hydrogen-bond acceptors (Lipinski definition) is 3. The zero-order valence-corrected chi connectivity index (χ0v) is 9.98. The maximum absolute atomic E-state index is 11.9. The Kier molecular flexibility index (Phi) is 3.82. The average molecular weight is 226 g/mol. The van der Waals surface area contributed by atoms with E-state index in [-0.39, 0.29) is 18.1 Å². The predicted octanol–water partition coefficient (Wildman–Crippen LogP) is 0.358. The van der Waals surface area contributed by atoms with E-state index in [9.17, 15) is 9.90 Å². The number of nitrogens with one attached hydrogen (secondary N) is 1. The molecule has 1 aliphatic carbocycles. The summed E-state index contributed by atoms with van der Waals surface area (Å²) in [7, 11) is 1.83. The highest BCUT2D eigenvalue weighted by molar-refractivity contribution is 5.83. The highest BCUT2D eigenvalue weighted by atomic mass is 16.3. The third-order valence-corrected chi connectivity index (χ3v) is 3.97. The average Bonchev–Trinajstić information content (AvgIpc) is 2.63. The van der Waals surface area contributed by atoms with Crippen LogP contribution in [0.15, 0.2) is 0 Å². The topological polar surface area (TPSA) is 52.6 Å². The van der Waals surface area contributed by atoms with Gasteiger partial charge in [-0.3, -0.25) is 4.79 Å². The molecule has 2 rings (SSSR count). The molecule has 0 bridgehead atoms. The number of likely N-dealkylation sites (N-methyl/N-ethyl adjacent to an activating group) is 1. The molecule has 1 saturated carbocycles. The lowest BCUT2D eigenvalue weighted by molar-refractivity contribution is -0.130. The summed E-state index contributed by atoms with van der Waals surface area (Å²) in [6, 6.07) is 0.000679. The number of nitrogens with zero attached hydrogens (tertiary/aromatic N) is 1. The second-order valence-electron chi connectivity index (χ2n) is 5.03. The van der Waals surface area contributed by atoms with Gasteiger partial charge in [0.15, 0.2) is 0 Å². The van der Waals surface area contributed by atoms with Gasteiger partial charge in [0.25, 0.3) is 0 Å². The first kappa shape index (κ1) is 11.9. The van der Waals surface area contributed by atoms with E-state index in [0.29, 0.717) is 5.92 Å². The molecule has 0 aromatic heterocycles. The van der Waals surface area contributed by atoms with Gasteiger partial charge in [-0.2, -0.15) is 0 Å². The fourth-order valence-corrected chi connectivity index (χ4v) is 2.87. The Morgan fingerprint density at radius 1 is 1.38 bits per heavy atom. The molecule has 92 valence electrons. The van der Waals surface area contributed by atoms with E-state index < -0.39 is 0 Å². The standard InChI is InChI=1S/C12H22N2O2/c1-13-10-6-7-14(12(10)16)8-9-4-2-3-5-11(9)15/h9-11,13,15H,2-8H2,1H3. The second kappa shape index (κ2) is 5.15. The molecule has 1 aliphatic heterocycles. The molecule has 3 unspecified atom stereocenters. The van der Waals surface area contributed by atoms with Crippen LogP contribution in [0.3, 0.4) is 0 Å². The van der Waals surface area contributed by atoms with Crippen LogP contribution in [0.5, 0.6) is 0 Å². The Labute approximate surface area is 97.0 Å². The fraction of sp³-hybridized carbons (Fsp3) is 0.917. The summed E-state index contributed by atoms with van der Waals surface area (Å²) >= 11 is 0. The zero-order chi connectivity index (χ0) is 11.5.